The van der Waals surface area contributed by atoms with E-state index in [0.29, 0.717) is 23.1 Å². The summed E-state index contributed by atoms with van der Waals surface area (Å²) >= 11 is 3.36. The molecule has 2 N–H and O–H groups in total. The Balaban J connectivity index is 1.40. The van der Waals surface area contributed by atoms with Crippen LogP contribution in [0.3, 0.4) is 0 Å². The topological polar surface area (TPSA) is 105 Å². The van der Waals surface area contributed by atoms with Gasteiger partial charge in [-0.15, -0.1) is 23.1 Å². The van der Waals surface area contributed by atoms with Crippen molar-refractivity contribution in [3.63, 3.8) is 0 Å². The first-order chi connectivity index (χ1) is 18.2. The highest BCUT2D eigenvalue weighted by atomic mass is 32.2. The quantitative estimate of drug-likeness (QED) is 0.243. The molecule has 2 aromatic carbocycles. The highest BCUT2D eigenvalue weighted by molar-refractivity contribution is 8.00. The molecule has 2 unspecified atom stereocenters. The third kappa shape index (κ3) is 5.75. The molecule has 0 saturated carbocycles. The van der Waals surface area contributed by atoms with Gasteiger partial charge in [0.05, 0.1) is 32.7 Å². The number of methoxy groups -OCH3 is 1. The van der Waals surface area contributed by atoms with Crippen molar-refractivity contribution < 1.29 is 22.3 Å². The molecule has 0 radical (unpaired) electrons. The smallest absolute Gasteiger partial charge is 0.238 e. The number of thiophene rings is 1. The zero-order valence-corrected chi connectivity index (χ0v) is 23.9. The van der Waals surface area contributed by atoms with E-state index < -0.39 is 10.0 Å². The second-order valence-corrected chi connectivity index (χ2v) is 13.3. The van der Waals surface area contributed by atoms with Crippen LogP contribution in [0.4, 0.5) is 0 Å². The summed E-state index contributed by atoms with van der Waals surface area (Å²) in [5.41, 5.74) is 3.14. The normalized spacial score (nSPS) is 22.0. The molecule has 0 spiro atoms. The van der Waals surface area contributed by atoms with Crippen LogP contribution in [-0.2, 0) is 30.9 Å². The van der Waals surface area contributed by atoms with E-state index in [0.717, 1.165) is 28.2 Å². The number of sulfonamides is 1. The van der Waals surface area contributed by atoms with Crippen LogP contribution >= 0.6 is 23.1 Å². The number of nitrogens with zero attached hydrogens (tertiary/aromatic N) is 1. The van der Waals surface area contributed by atoms with Gasteiger partial charge >= 0.3 is 0 Å². The lowest BCUT2D eigenvalue weighted by atomic mass is 9.83. The van der Waals surface area contributed by atoms with Gasteiger partial charge < -0.3 is 13.9 Å². The number of benzene rings is 2. The number of ether oxygens (including phenoxy) is 2. The van der Waals surface area contributed by atoms with Gasteiger partial charge in [0.2, 0.25) is 15.9 Å². The van der Waals surface area contributed by atoms with Gasteiger partial charge in [-0.2, -0.15) is 0 Å². The second kappa shape index (κ2) is 11.0. The van der Waals surface area contributed by atoms with Crippen molar-refractivity contribution in [1.29, 1.82) is 0 Å². The van der Waals surface area contributed by atoms with Crippen molar-refractivity contribution >= 4 is 33.1 Å². The van der Waals surface area contributed by atoms with Crippen molar-refractivity contribution in [3.05, 3.63) is 77.5 Å². The van der Waals surface area contributed by atoms with E-state index in [1.807, 2.05) is 30.3 Å². The van der Waals surface area contributed by atoms with Crippen molar-refractivity contribution in [3.8, 4) is 22.6 Å². The standard InChI is InChI=1S/C28H30N2O5S3/c1-18-14-28(33-3,15-19(2)34-18)22-13-25(36-16-22)37-17-24-30-26(27(35-24)21-7-5-4-6-8-21)20-9-11-23(12-10-20)38(29,31)32/h4-13,16,18-19H,14-15,17H2,1-3H3,(H2,29,31,32). The number of nitrogens with two attached hydrogens (primary N) is 1. The molecule has 10 heteroatoms. The molecule has 1 aliphatic heterocycles. The molecule has 0 bridgehead atoms. The number of oxazole rings is 1. The molecule has 200 valence electrons. The van der Waals surface area contributed by atoms with Gasteiger partial charge in [0.1, 0.15) is 5.69 Å². The third-order valence-electron chi connectivity index (χ3n) is 6.69. The molecule has 0 amide bonds. The Morgan fingerprint density at radius 3 is 2.39 bits per heavy atom. The Morgan fingerprint density at radius 1 is 1.08 bits per heavy atom. The Hall–Kier alpha value is -2.47. The molecule has 38 heavy (non-hydrogen) atoms. The summed E-state index contributed by atoms with van der Waals surface area (Å²) < 4.78 is 42.8. The molecule has 1 aliphatic rings. The average molecular weight is 571 g/mol. The highest BCUT2D eigenvalue weighted by Crippen LogP contribution is 2.44. The molecule has 0 aliphatic carbocycles. The molecule has 2 aromatic heterocycles. The highest BCUT2D eigenvalue weighted by Gasteiger charge is 2.41. The first-order valence-electron chi connectivity index (χ1n) is 12.3. The van der Waals surface area contributed by atoms with Crippen LogP contribution in [0.1, 0.15) is 38.1 Å². The summed E-state index contributed by atoms with van der Waals surface area (Å²) in [7, 11) is -2.00. The lowest BCUT2D eigenvalue weighted by molar-refractivity contribution is -0.151. The molecule has 1 fully saturated rings. The van der Waals surface area contributed by atoms with Crippen LogP contribution in [0.2, 0.25) is 0 Å². The van der Waals surface area contributed by atoms with Gasteiger partial charge in [-0.25, -0.2) is 18.5 Å². The number of rotatable bonds is 8. The number of aromatic nitrogens is 1. The predicted octanol–water partition coefficient (Wildman–Crippen LogP) is 6.44. The van der Waals surface area contributed by atoms with Crippen LogP contribution in [-0.4, -0.2) is 32.7 Å². The van der Waals surface area contributed by atoms with E-state index in [4.69, 9.17) is 24.0 Å². The molecule has 7 nitrogen and oxygen atoms in total. The number of hydrogen-bond donors (Lipinski definition) is 1. The maximum atomic E-state index is 11.7. The third-order valence-corrected chi connectivity index (χ3v) is 9.78. The van der Waals surface area contributed by atoms with Crippen LogP contribution in [0.25, 0.3) is 22.6 Å². The summed E-state index contributed by atoms with van der Waals surface area (Å²) in [4.78, 5) is 4.86. The van der Waals surface area contributed by atoms with Gasteiger partial charge in [-0.1, -0.05) is 42.5 Å². The molecular weight excluding hydrogens is 541 g/mol. The van der Waals surface area contributed by atoms with Crippen LogP contribution < -0.4 is 5.14 Å². The predicted molar refractivity (Wildman–Crippen MR) is 151 cm³/mol. The number of hydrogen-bond acceptors (Lipinski definition) is 8. The molecule has 5 rings (SSSR count). The van der Waals surface area contributed by atoms with E-state index in [9.17, 15) is 8.42 Å². The number of primary sulfonamides is 1. The minimum absolute atomic E-state index is 0.0532. The summed E-state index contributed by atoms with van der Waals surface area (Å²) in [5.74, 6) is 1.77. The van der Waals surface area contributed by atoms with Gasteiger partial charge in [0.25, 0.3) is 0 Å². The van der Waals surface area contributed by atoms with Crippen LogP contribution in [0, 0.1) is 0 Å². The van der Waals surface area contributed by atoms with Crippen molar-refractivity contribution in [2.75, 3.05) is 7.11 Å². The van der Waals surface area contributed by atoms with E-state index in [-0.39, 0.29) is 22.7 Å². The average Bonchev–Trinajstić information content (AvgIpc) is 3.55. The maximum absolute atomic E-state index is 11.7. The Bertz CT molecular complexity index is 1490. The van der Waals surface area contributed by atoms with Crippen LogP contribution in [0.15, 0.2) is 79.6 Å². The Labute approximate surface area is 231 Å². The monoisotopic (exact) mass is 570 g/mol. The van der Waals surface area contributed by atoms with Crippen molar-refractivity contribution in [2.45, 2.75) is 59.4 Å². The van der Waals surface area contributed by atoms with Gasteiger partial charge in [-0.05, 0) is 43.0 Å². The summed E-state index contributed by atoms with van der Waals surface area (Å²) in [5, 5.41) is 7.45. The minimum atomic E-state index is -3.78. The fraction of sp³-hybridized carbons (Fsp3) is 0.321. The van der Waals surface area contributed by atoms with Crippen LogP contribution in [0.5, 0.6) is 0 Å². The first-order valence-corrected chi connectivity index (χ1v) is 15.7. The van der Waals surface area contributed by atoms with Crippen molar-refractivity contribution in [2.24, 2.45) is 5.14 Å². The maximum Gasteiger partial charge on any atom is 0.238 e. The zero-order chi connectivity index (χ0) is 26.9. The lowest BCUT2D eigenvalue weighted by Crippen LogP contribution is -2.42. The molecule has 1 saturated heterocycles. The van der Waals surface area contributed by atoms with E-state index in [2.05, 4.69) is 25.3 Å². The fourth-order valence-electron chi connectivity index (χ4n) is 5.00. The van der Waals surface area contributed by atoms with E-state index >= 15 is 0 Å². The fourth-order valence-corrected chi connectivity index (χ4v) is 7.43. The summed E-state index contributed by atoms with van der Waals surface area (Å²) in [6.07, 6.45) is 1.91. The molecule has 2 atom stereocenters. The summed E-state index contributed by atoms with van der Waals surface area (Å²) in [6, 6.07) is 18.3. The van der Waals surface area contributed by atoms with Gasteiger partial charge in [0.15, 0.2) is 5.76 Å². The molecular formula is C28H30N2O5S3. The first kappa shape index (κ1) is 27.1. The molecule has 4 aromatic rings. The van der Waals surface area contributed by atoms with Gasteiger partial charge in [0, 0.05) is 31.1 Å². The largest absolute Gasteiger partial charge is 0.439 e. The van der Waals surface area contributed by atoms with Crippen molar-refractivity contribution in [1.82, 2.24) is 4.98 Å². The summed E-state index contributed by atoms with van der Waals surface area (Å²) in [6.45, 7) is 4.19. The Morgan fingerprint density at radius 2 is 1.76 bits per heavy atom. The zero-order valence-electron chi connectivity index (χ0n) is 21.4. The van der Waals surface area contributed by atoms with Gasteiger partial charge in [-0.3, -0.25) is 0 Å². The number of thioether (sulfide) groups is 1. The Kier molecular flexibility index (Phi) is 7.82. The minimum Gasteiger partial charge on any atom is -0.439 e. The lowest BCUT2D eigenvalue weighted by Gasteiger charge is -2.41. The second-order valence-electron chi connectivity index (χ2n) is 9.53. The van der Waals surface area contributed by atoms with E-state index in [1.165, 1.54) is 17.7 Å². The SMILES string of the molecule is COC1(c2csc(SCc3nc(-c4ccc(S(N)(=O)=O)cc4)c(-c4ccccc4)o3)c2)CC(C)OC(C)C1. The van der Waals surface area contributed by atoms with E-state index in [1.54, 1.807) is 42.3 Å². The molecule has 3 heterocycles.